The predicted molar refractivity (Wildman–Crippen MR) is 74.5 cm³/mol. The number of aryl methyl sites for hydroxylation is 2. The van der Waals surface area contributed by atoms with Crippen LogP contribution in [0.4, 0.5) is 5.95 Å². The van der Waals surface area contributed by atoms with Crippen LogP contribution < -0.4 is 4.90 Å². The number of aromatic amines is 1. The summed E-state index contributed by atoms with van der Waals surface area (Å²) < 4.78 is 1.75. The molecule has 20 heavy (non-hydrogen) atoms. The van der Waals surface area contributed by atoms with Crippen molar-refractivity contribution in [2.75, 3.05) is 37.6 Å². The van der Waals surface area contributed by atoms with Crippen LogP contribution in [0.5, 0.6) is 0 Å². The third-order valence-corrected chi connectivity index (χ3v) is 3.57. The maximum absolute atomic E-state index is 4.38. The molecule has 0 aliphatic carbocycles. The zero-order valence-corrected chi connectivity index (χ0v) is 12.0. The molecule has 108 valence electrons. The van der Waals surface area contributed by atoms with Crippen LogP contribution in [0, 0.1) is 6.92 Å². The van der Waals surface area contributed by atoms with Gasteiger partial charge in [-0.25, -0.2) is 0 Å². The van der Waals surface area contributed by atoms with Gasteiger partial charge in [0.15, 0.2) is 0 Å². The van der Waals surface area contributed by atoms with Gasteiger partial charge in [0.1, 0.15) is 5.82 Å². The second-order valence-corrected chi connectivity index (χ2v) is 5.18. The molecule has 1 aliphatic rings. The van der Waals surface area contributed by atoms with Crippen LogP contribution in [0.1, 0.15) is 11.5 Å². The van der Waals surface area contributed by atoms with Crippen LogP contribution in [-0.4, -0.2) is 67.8 Å². The van der Waals surface area contributed by atoms with E-state index in [1.807, 2.05) is 20.2 Å². The number of aromatic nitrogens is 6. The lowest BCUT2D eigenvalue weighted by molar-refractivity contribution is 0.259. The summed E-state index contributed by atoms with van der Waals surface area (Å²) in [5.41, 5.74) is 1.06. The average molecular weight is 276 g/mol. The summed E-state index contributed by atoms with van der Waals surface area (Å²) in [6, 6.07) is 0. The summed E-state index contributed by atoms with van der Waals surface area (Å²) in [7, 11) is 1.90. The summed E-state index contributed by atoms with van der Waals surface area (Å²) in [5, 5.41) is 15.2. The van der Waals surface area contributed by atoms with Crippen molar-refractivity contribution >= 4 is 5.95 Å². The number of H-pyrrole nitrogens is 1. The smallest absolute Gasteiger partial charge is 0.244 e. The minimum atomic E-state index is 0.816. The number of rotatable bonds is 4. The molecule has 1 aliphatic heterocycles. The Morgan fingerprint density at radius 2 is 2.05 bits per heavy atom. The van der Waals surface area contributed by atoms with E-state index >= 15 is 0 Å². The molecule has 1 saturated heterocycles. The Balaban J connectivity index is 1.46. The highest BCUT2D eigenvalue weighted by atomic mass is 15.4. The van der Waals surface area contributed by atoms with E-state index in [2.05, 4.69) is 35.3 Å². The van der Waals surface area contributed by atoms with Crippen LogP contribution in [0.15, 0.2) is 6.20 Å². The number of nitrogens with zero attached hydrogens (tertiary/aromatic N) is 7. The maximum Gasteiger partial charge on any atom is 0.244 e. The minimum Gasteiger partial charge on any atom is -0.337 e. The van der Waals surface area contributed by atoms with E-state index in [9.17, 15) is 0 Å². The van der Waals surface area contributed by atoms with E-state index in [-0.39, 0.29) is 0 Å². The SMILES string of the molecule is Cc1nc(N2CCN(CCc3cn(C)nn3)CC2)n[nH]1. The zero-order chi connectivity index (χ0) is 13.9. The summed E-state index contributed by atoms with van der Waals surface area (Å²) in [6.45, 7) is 6.96. The zero-order valence-electron chi connectivity index (χ0n) is 12.0. The van der Waals surface area contributed by atoms with Crippen molar-refractivity contribution in [3.8, 4) is 0 Å². The van der Waals surface area contributed by atoms with Crippen LogP contribution in [0.2, 0.25) is 0 Å². The first kappa shape index (κ1) is 13.0. The Kier molecular flexibility index (Phi) is 3.64. The molecular weight excluding hydrogens is 256 g/mol. The molecule has 2 aromatic heterocycles. The monoisotopic (exact) mass is 276 g/mol. The van der Waals surface area contributed by atoms with Crippen molar-refractivity contribution in [1.82, 2.24) is 35.1 Å². The fourth-order valence-electron chi connectivity index (χ4n) is 2.43. The Labute approximate surface area is 117 Å². The van der Waals surface area contributed by atoms with E-state index in [1.54, 1.807) is 4.68 Å². The van der Waals surface area contributed by atoms with Gasteiger partial charge in [-0.1, -0.05) is 5.21 Å². The van der Waals surface area contributed by atoms with Gasteiger partial charge in [0.25, 0.3) is 0 Å². The van der Waals surface area contributed by atoms with Crippen LogP contribution in [0.3, 0.4) is 0 Å². The molecule has 0 unspecified atom stereocenters. The summed E-state index contributed by atoms with van der Waals surface area (Å²) in [4.78, 5) is 9.05. The van der Waals surface area contributed by atoms with Gasteiger partial charge in [0, 0.05) is 52.4 Å². The van der Waals surface area contributed by atoms with Crippen molar-refractivity contribution in [3.05, 3.63) is 17.7 Å². The molecule has 3 rings (SSSR count). The van der Waals surface area contributed by atoms with Crippen molar-refractivity contribution < 1.29 is 0 Å². The maximum atomic E-state index is 4.38. The Bertz CT molecular complexity index is 551. The lowest BCUT2D eigenvalue weighted by Crippen LogP contribution is -2.47. The Morgan fingerprint density at radius 3 is 2.65 bits per heavy atom. The molecule has 0 aromatic carbocycles. The largest absolute Gasteiger partial charge is 0.337 e. The minimum absolute atomic E-state index is 0.816. The molecule has 0 radical (unpaired) electrons. The second-order valence-electron chi connectivity index (χ2n) is 5.18. The van der Waals surface area contributed by atoms with Crippen LogP contribution in [-0.2, 0) is 13.5 Å². The van der Waals surface area contributed by atoms with Crippen molar-refractivity contribution in [2.24, 2.45) is 7.05 Å². The second kappa shape index (κ2) is 5.58. The molecule has 1 fully saturated rings. The number of hydrogen-bond donors (Lipinski definition) is 1. The molecule has 0 bridgehead atoms. The molecule has 0 spiro atoms. The van der Waals surface area contributed by atoms with Gasteiger partial charge < -0.3 is 4.90 Å². The molecule has 2 aromatic rings. The van der Waals surface area contributed by atoms with E-state index in [4.69, 9.17) is 0 Å². The number of nitrogens with one attached hydrogen (secondary N) is 1. The topological polar surface area (TPSA) is 78.8 Å². The molecule has 3 heterocycles. The number of hydrogen-bond acceptors (Lipinski definition) is 6. The molecule has 1 N–H and O–H groups in total. The van der Waals surface area contributed by atoms with Gasteiger partial charge in [-0.3, -0.25) is 14.7 Å². The average Bonchev–Trinajstić information content (AvgIpc) is 3.06. The highest BCUT2D eigenvalue weighted by Crippen LogP contribution is 2.10. The van der Waals surface area contributed by atoms with Gasteiger partial charge in [-0.15, -0.1) is 10.2 Å². The quantitative estimate of drug-likeness (QED) is 0.819. The fourth-order valence-corrected chi connectivity index (χ4v) is 2.43. The normalized spacial score (nSPS) is 16.8. The fraction of sp³-hybridized carbons (Fsp3) is 0.667. The Morgan fingerprint density at radius 1 is 1.25 bits per heavy atom. The molecule has 8 nitrogen and oxygen atoms in total. The molecule has 0 amide bonds. The molecule has 8 heteroatoms. The van der Waals surface area contributed by atoms with E-state index in [0.29, 0.717) is 0 Å². The van der Waals surface area contributed by atoms with Crippen LogP contribution >= 0.6 is 0 Å². The lowest BCUT2D eigenvalue weighted by Gasteiger charge is -2.33. The highest BCUT2D eigenvalue weighted by Gasteiger charge is 2.19. The van der Waals surface area contributed by atoms with Gasteiger partial charge in [-0.2, -0.15) is 4.98 Å². The van der Waals surface area contributed by atoms with E-state index in [0.717, 1.165) is 56.6 Å². The third kappa shape index (κ3) is 2.96. The predicted octanol–water partition coefficient (Wildman–Crippen LogP) is -0.394. The first-order chi connectivity index (χ1) is 9.70. The van der Waals surface area contributed by atoms with Crippen molar-refractivity contribution in [1.29, 1.82) is 0 Å². The van der Waals surface area contributed by atoms with Crippen LogP contribution in [0.25, 0.3) is 0 Å². The van der Waals surface area contributed by atoms with Gasteiger partial charge in [-0.05, 0) is 6.92 Å². The summed E-state index contributed by atoms with van der Waals surface area (Å²) in [5.74, 6) is 1.68. The van der Waals surface area contributed by atoms with Gasteiger partial charge in [0.2, 0.25) is 5.95 Å². The molecular formula is C12H20N8. The van der Waals surface area contributed by atoms with Gasteiger partial charge in [0.05, 0.1) is 5.69 Å². The van der Waals surface area contributed by atoms with Crippen molar-refractivity contribution in [2.45, 2.75) is 13.3 Å². The molecule has 0 atom stereocenters. The standard InChI is InChI=1S/C12H20N8/c1-10-13-12(16-14-10)20-7-5-19(6-8-20)4-3-11-9-18(2)17-15-11/h9H,3-8H2,1-2H3,(H,13,14,16). The molecule has 0 saturated carbocycles. The summed E-state index contributed by atoms with van der Waals surface area (Å²) in [6.07, 6.45) is 2.93. The highest BCUT2D eigenvalue weighted by molar-refractivity contribution is 5.29. The first-order valence-corrected chi connectivity index (χ1v) is 6.92. The Hall–Kier alpha value is -1.96. The number of piperazine rings is 1. The summed E-state index contributed by atoms with van der Waals surface area (Å²) >= 11 is 0. The lowest BCUT2D eigenvalue weighted by atomic mass is 10.2. The van der Waals surface area contributed by atoms with E-state index < -0.39 is 0 Å². The third-order valence-electron chi connectivity index (χ3n) is 3.57. The van der Waals surface area contributed by atoms with E-state index in [1.165, 1.54) is 0 Å². The van der Waals surface area contributed by atoms with Crippen molar-refractivity contribution in [3.63, 3.8) is 0 Å². The number of anilines is 1. The first-order valence-electron chi connectivity index (χ1n) is 6.92. The van der Waals surface area contributed by atoms with Gasteiger partial charge >= 0.3 is 0 Å².